The monoisotopic (exact) mass is 863 g/mol. The Morgan fingerprint density at radius 3 is 0.574 bits per heavy atom. The predicted octanol–water partition coefficient (Wildman–Crippen LogP) is 20.3. The number of carbonyl (C=O) groups excluding carboxylic acids is 2. The maximum Gasteiger partial charge on any atom is 0.305 e. The number of hydrogen-bond donors (Lipinski definition) is 0. The third-order valence-electron chi connectivity index (χ3n) is 13.0. The molecular weight excluding hydrogens is 749 g/mol. The van der Waals surface area contributed by atoms with Crippen molar-refractivity contribution < 1.29 is 19.1 Å². The van der Waals surface area contributed by atoms with Crippen LogP contribution in [0.4, 0.5) is 0 Å². The molecule has 0 aromatic heterocycles. The summed E-state index contributed by atoms with van der Waals surface area (Å²) >= 11 is 0. The smallest absolute Gasteiger partial charge is 0.305 e. The van der Waals surface area contributed by atoms with Crippen molar-refractivity contribution >= 4 is 11.9 Å². The van der Waals surface area contributed by atoms with Crippen molar-refractivity contribution in [3.8, 4) is 0 Å². The second-order valence-electron chi connectivity index (χ2n) is 19.1. The second-order valence-corrected chi connectivity index (χ2v) is 19.1. The van der Waals surface area contributed by atoms with Crippen LogP contribution in [0.2, 0.25) is 0 Å². The Labute approximate surface area is 385 Å². The molecule has 0 atom stereocenters. The molecule has 61 heavy (non-hydrogen) atoms. The number of unbranched alkanes of at least 4 members (excludes halogenated alkanes) is 46. The highest BCUT2D eigenvalue weighted by Gasteiger charge is 2.02. The normalized spacial score (nSPS) is 11.1. The Morgan fingerprint density at radius 2 is 0.410 bits per heavy atom. The lowest BCUT2D eigenvalue weighted by atomic mass is 10.0. The number of esters is 2. The molecule has 4 heteroatoms. The fourth-order valence-corrected chi connectivity index (χ4v) is 8.80. The van der Waals surface area contributed by atoms with E-state index < -0.39 is 0 Å². The molecule has 0 fully saturated rings. The molecule has 366 valence electrons. The van der Waals surface area contributed by atoms with E-state index in [1.807, 2.05) is 6.92 Å². The minimum Gasteiger partial charge on any atom is -0.469 e. The van der Waals surface area contributed by atoms with Gasteiger partial charge in [-0.25, -0.2) is 0 Å². The number of methoxy groups -OCH3 is 1. The number of ether oxygens (including phenoxy) is 2. The first-order chi connectivity index (χ1) is 30.1. The van der Waals surface area contributed by atoms with Crippen molar-refractivity contribution in [2.45, 2.75) is 342 Å². The molecular formula is C57H114O4. The molecule has 0 heterocycles. The Balaban J connectivity index is 0. The zero-order chi connectivity index (χ0) is 44.6. The molecule has 0 aliphatic carbocycles. The average Bonchev–Trinajstić information content (AvgIpc) is 3.26. The Kier molecular flexibility index (Phi) is 59.9. The topological polar surface area (TPSA) is 52.6 Å². The first kappa shape index (κ1) is 62.0. The van der Waals surface area contributed by atoms with E-state index in [1.165, 1.54) is 302 Å². The third-order valence-corrected chi connectivity index (χ3v) is 13.0. The number of hydrogen-bond acceptors (Lipinski definition) is 4. The molecule has 0 rings (SSSR count). The van der Waals surface area contributed by atoms with Gasteiger partial charge in [0.2, 0.25) is 0 Å². The second kappa shape index (κ2) is 58.9. The van der Waals surface area contributed by atoms with Gasteiger partial charge >= 0.3 is 11.9 Å². The van der Waals surface area contributed by atoms with Crippen LogP contribution >= 0.6 is 0 Å². The molecule has 4 nitrogen and oxygen atoms in total. The molecule has 0 bridgehead atoms. The molecule has 0 amide bonds. The fourth-order valence-electron chi connectivity index (χ4n) is 8.80. The Bertz CT molecular complexity index is 796. The minimum absolute atomic E-state index is 0.0269. The SMILES string of the molecule is CCCCCCCCCCCCCCCCCCCCCCCCCC(=O)OCC.CCCCCCCCCCCCCCCCCCCCCCCCCCCC(=O)OC. The van der Waals surface area contributed by atoms with Gasteiger partial charge in [-0.05, 0) is 19.8 Å². The van der Waals surface area contributed by atoms with E-state index in [9.17, 15) is 9.59 Å². The zero-order valence-corrected chi connectivity index (χ0v) is 42.7. The summed E-state index contributed by atoms with van der Waals surface area (Å²) in [6, 6.07) is 0. The lowest BCUT2D eigenvalue weighted by Crippen LogP contribution is -2.03. The number of rotatable bonds is 51. The first-order valence-corrected chi connectivity index (χ1v) is 28.3. The Hall–Kier alpha value is -1.06. The van der Waals surface area contributed by atoms with E-state index in [0.717, 1.165) is 12.8 Å². The van der Waals surface area contributed by atoms with Gasteiger partial charge < -0.3 is 9.47 Å². The molecule has 0 unspecified atom stereocenters. The van der Waals surface area contributed by atoms with Gasteiger partial charge in [-0.1, -0.05) is 309 Å². The molecule has 0 saturated carbocycles. The van der Waals surface area contributed by atoms with E-state index in [-0.39, 0.29) is 11.9 Å². The highest BCUT2D eigenvalue weighted by atomic mass is 16.5. The third kappa shape index (κ3) is 61.1. The molecule has 0 aromatic rings. The van der Waals surface area contributed by atoms with Gasteiger partial charge in [0.1, 0.15) is 0 Å². The van der Waals surface area contributed by atoms with Crippen LogP contribution in [0.5, 0.6) is 0 Å². The van der Waals surface area contributed by atoms with Crippen molar-refractivity contribution in [2.75, 3.05) is 13.7 Å². The lowest BCUT2D eigenvalue weighted by Gasteiger charge is -2.04. The zero-order valence-electron chi connectivity index (χ0n) is 42.7. The van der Waals surface area contributed by atoms with Crippen LogP contribution in [0.3, 0.4) is 0 Å². The molecule has 0 N–H and O–H groups in total. The molecule has 0 spiro atoms. The van der Waals surface area contributed by atoms with Gasteiger partial charge in [0, 0.05) is 12.8 Å². The largest absolute Gasteiger partial charge is 0.469 e. The molecule has 0 aliphatic heterocycles. The van der Waals surface area contributed by atoms with E-state index >= 15 is 0 Å². The van der Waals surface area contributed by atoms with E-state index in [1.54, 1.807) is 0 Å². The van der Waals surface area contributed by atoms with Gasteiger partial charge in [0.25, 0.3) is 0 Å². The van der Waals surface area contributed by atoms with E-state index in [4.69, 9.17) is 4.74 Å². The fraction of sp³-hybridized carbons (Fsp3) is 0.965. The van der Waals surface area contributed by atoms with Gasteiger partial charge in [-0.2, -0.15) is 0 Å². The summed E-state index contributed by atoms with van der Waals surface area (Å²) in [5, 5.41) is 0. The van der Waals surface area contributed by atoms with E-state index in [0.29, 0.717) is 19.4 Å². The van der Waals surface area contributed by atoms with Gasteiger partial charge in [0.15, 0.2) is 0 Å². The van der Waals surface area contributed by atoms with Crippen molar-refractivity contribution in [1.29, 1.82) is 0 Å². The highest BCUT2D eigenvalue weighted by Crippen LogP contribution is 2.18. The van der Waals surface area contributed by atoms with Crippen molar-refractivity contribution in [2.24, 2.45) is 0 Å². The van der Waals surface area contributed by atoms with Crippen LogP contribution < -0.4 is 0 Å². The summed E-state index contributed by atoms with van der Waals surface area (Å²) in [6.07, 6.45) is 68.6. The van der Waals surface area contributed by atoms with Crippen molar-refractivity contribution in [1.82, 2.24) is 0 Å². The van der Waals surface area contributed by atoms with Crippen LogP contribution in [0, 0.1) is 0 Å². The van der Waals surface area contributed by atoms with Crippen LogP contribution in [0.1, 0.15) is 342 Å². The van der Waals surface area contributed by atoms with E-state index in [2.05, 4.69) is 18.6 Å². The predicted molar refractivity (Wildman–Crippen MR) is 271 cm³/mol. The summed E-state index contributed by atoms with van der Waals surface area (Å²) in [4.78, 5) is 22.3. The maximum atomic E-state index is 11.2. The molecule has 0 saturated heterocycles. The highest BCUT2D eigenvalue weighted by molar-refractivity contribution is 5.69. The van der Waals surface area contributed by atoms with Crippen LogP contribution in [-0.4, -0.2) is 25.7 Å². The summed E-state index contributed by atoms with van der Waals surface area (Å²) in [7, 11) is 1.47. The molecule has 0 aromatic carbocycles. The van der Waals surface area contributed by atoms with Gasteiger partial charge in [0.05, 0.1) is 13.7 Å². The minimum atomic E-state index is -0.0610. The summed E-state index contributed by atoms with van der Waals surface area (Å²) in [5.41, 5.74) is 0. The quantitative estimate of drug-likeness (QED) is 0.0452. The Morgan fingerprint density at radius 1 is 0.246 bits per heavy atom. The van der Waals surface area contributed by atoms with Crippen LogP contribution in [0.15, 0.2) is 0 Å². The summed E-state index contributed by atoms with van der Waals surface area (Å²) in [5.74, 6) is -0.0879. The van der Waals surface area contributed by atoms with Gasteiger partial charge in [-0.15, -0.1) is 0 Å². The average molecular weight is 864 g/mol. The lowest BCUT2D eigenvalue weighted by molar-refractivity contribution is -0.143. The van der Waals surface area contributed by atoms with Crippen LogP contribution in [0.25, 0.3) is 0 Å². The molecule has 0 radical (unpaired) electrons. The number of carbonyl (C=O) groups is 2. The maximum absolute atomic E-state index is 11.2. The molecule has 0 aliphatic rings. The standard InChI is InChI=1S/C29H58O2.C28H56O2/c1-3-4-5-6-7-8-9-10-11-12-13-14-15-16-17-18-19-20-21-22-23-24-25-26-27-28-29(30)31-2;1-3-5-6-7-8-9-10-11-12-13-14-15-16-17-18-19-20-21-22-23-24-25-26-27-28(29)30-4-2/h3-28H2,1-2H3;3-27H2,1-2H3. The first-order valence-electron chi connectivity index (χ1n) is 28.3. The van der Waals surface area contributed by atoms with Crippen molar-refractivity contribution in [3.05, 3.63) is 0 Å². The summed E-state index contributed by atoms with van der Waals surface area (Å²) < 4.78 is 9.62. The van der Waals surface area contributed by atoms with Gasteiger partial charge in [-0.3, -0.25) is 9.59 Å². The summed E-state index contributed by atoms with van der Waals surface area (Å²) in [6.45, 7) is 6.98. The van der Waals surface area contributed by atoms with Crippen molar-refractivity contribution in [3.63, 3.8) is 0 Å². The van der Waals surface area contributed by atoms with Crippen LogP contribution in [-0.2, 0) is 19.1 Å².